The topological polar surface area (TPSA) is 40.2 Å². The highest BCUT2D eigenvalue weighted by Crippen LogP contribution is 2.46. The molecule has 0 bridgehead atoms. The maximum atomic E-state index is 6.26. The summed E-state index contributed by atoms with van der Waals surface area (Å²) in [5.41, 5.74) is 7.48. The van der Waals surface area contributed by atoms with Gasteiger partial charge in [-0.3, -0.25) is 4.90 Å². The third-order valence-corrected chi connectivity index (χ3v) is 7.67. The molecule has 38 heavy (non-hydrogen) atoms. The Balaban J connectivity index is 1.26. The van der Waals surface area contributed by atoms with Gasteiger partial charge in [-0.15, -0.1) is 0 Å². The largest absolute Gasteiger partial charge is 0.493 e. The first-order chi connectivity index (χ1) is 18.7. The van der Waals surface area contributed by atoms with E-state index in [1.807, 2.05) is 36.4 Å². The number of methoxy groups -OCH3 is 2. The molecule has 0 N–H and O–H groups in total. The highest BCUT2D eigenvalue weighted by Gasteiger charge is 2.35. The summed E-state index contributed by atoms with van der Waals surface area (Å²) in [4.78, 5) is 2.56. The van der Waals surface area contributed by atoms with Gasteiger partial charge in [-0.1, -0.05) is 66.7 Å². The van der Waals surface area contributed by atoms with E-state index in [0.29, 0.717) is 13.2 Å². The summed E-state index contributed by atoms with van der Waals surface area (Å²) in [5.74, 6) is 3.24. The second-order valence-corrected chi connectivity index (χ2v) is 9.93. The molecule has 0 radical (unpaired) electrons. The van der Waals surface area contributed by atoms with Crippen molar-refractivity contribution in [3.63, 3.8) is 0 Å². The van der Waals surface area contributed by atoms with Crippen molar-refractivity contribution in [1.82, 2.24) is 4.90 Å². The molecular weight excluding hydrogens is 474 g/mol. The lowest BCUT2D eigenvalue weighted by molar-refractivity contribution is 0.156. The zero-order valence-electron chi connectivity index (χ0n) is 22.0. The van der Waals surface area contributed by atoms with Gasteiger partial charge < -0.3 is 18.9 Å². The van der Waals surface area contributed by atoms with Gasteiger partial charge in [-0.25, -0.2) is 0 Å². The van der Waals surface area contributed by atoms with Crippen molar-refractivity contribution in [3.05, 3.63) is 118 Å². The van der Waals surface area contributed by atoms with Crippen molar-refractivity contribution in [1.29, 1.82) is 0 Å². The monoisotopic (exact) mass is 507 g/mol. The first-order valence-electron chi connectivity index (χ1n) is 13.2. The molecule has 4 aromatic rings. The van der Waals surface area contributed by atoms with Crippen molar-refractivity contribution < 1.29 is 18.9 Å². The highest BCUT2D eigenvalue weighted by molar-refractivity contribution is 5.55. The van der Waals surface area contributed by atoms with Crippen molar-refractivity contribution in [2.24, 2.45) is 0 Å². The van der Waals surface area contributed by atoms with Crippen LogP contribution in [0, 0.1) is 0 Å². The summed E-state index contributed by atoms with van der Waals surface area (Å²) in [5, 5.41) is 0. The molecule has 2 aliphatic heterocycles. The lowest BCUT2D eigenvalue weighted by atomic mass is 9.83. The Hall–Kier alpha value is -3.96. The van der Waals surface area contributed by atoms with E-state index in [1.54, 1.807) is 14.2 Å². The zero-order chi connectivity index (χ0) is 25.9. The highest BCUT2D eigenvalue weighted by atomic mass is 16.5. The van der Waals surface area contributed by atoms with Crippen LogP contribution in [-0.2, 0) is 32.6 Å². The van der Waals surface area contributed by atoms with Crippen molar-refractivity contribution in [2.75, 3.05) is 20.8 Å². The number of nitrogens with zero attached hydrogens (tertiary/aromatic N) is 1. The predicted molar refractivity (Wildman–Crippen MR) is 148 cm³/mol. The Bertz CT molecular complexity index is 1400. The molecule has 1 atom stereocenters. The maximum absolute atomic E-state index is 6.26. The Labute approximate surface area is 224 Å². The molecule has 0 saturated carbocycles. The summed E-state index contributed by atoms with van der Waals surface area (Å²) in [7, 11) is 3.46. The van der Waals surface area contributed by atoms with Gasteiger partial charge in [0.2, 0.25) is 0 Å². The minimum atomic E-state index is 0.289. The summed E-state index contributed by atoms with van der Waals surface area (Å²) < 4.78 is 24.1. The van der Waals surface area contributed by atoms with E-state index in [-0.39, 0.29) is 6.04 Å². The number of rotatable bonds is 8. The molecule has 194 valence electrons. The van der Waals surface area contributed by atoms with E-state index in [4.69, 9.17) is 18.9 Å². The fourth-order valence-corrected chi connectivity index (χ4v) is 5.69. The van der Waals surface area contributed by atoms with Gasteiger partial charge in [0, 0.05) is 24.7 Å². The zero-order valence-corrected chi connectivity index (χ0v) is 22.0. The molecule has 4 aromatic carbocycles. The van der Waals surface area contributed by atoms with Crippen LogP contribution < -0.4 is 18.9 Å². The third kappa shape index (κ3) is 4.82. The molecular formula is C33H33NO4. The van der Waals surface area contributed by atoms with E-state index in [2.05, 4.69) is 53.4 Å². The summed E-state index contributed by atoms with van der Waals surface area (Å²) in [6, 6.07) is 29.4. The molecule has 0 amide bonds. The molecule has 6 rings (SSSR count). The fourth-order valence-electron chi connectivity index (χ4n) is 5.69. The van der Waals surface area contributed by atoms with E-state index < -0.39 is 0 Å². The molecule has 0 fully saturated rings. The van der Waals surface area contributed by atoms with Crippen LogP contribution in [0.5, 0.6) is 23.0 Å². The molecule has 0 aromatic heterocycles. The van der Waals surface area contributed by atoms with Gasteiger partial charge in [-0.05, 0) is 58.9 Å². The average molecular weight is 508 g/mol. The van der Waals surface area contributed by atoms with Crippen LogP contribution in [-0.4, -0.2) is 25.7 Å². The third-order valence-electron chi connectivity index (χ3n) is 7.67. The number of hydrogen-bond donors (Lipinski definition) is 0. The van der Waals surface area contributed by atoms with Gasteiger partial charge in [0.1, 0.15) is 13.2 Å². The van der Waals surface area contributed by atoms with Crippen LogP contribution in [0.3, 0.4) is 0 Å². The lowest BCUT2D eigenvalue weighted by Gasteiger charge is -2.42. The predicted octanol–water partition coefficient (Wildman–Crippen LogP) is 6.52. The number of hydrogen-bond acceptors (Lipinski definition) is 5. The van der Waals surface area contributed by atoms with Crippen molar-refractivity contribution in [2.45, 2.75) is 38.6 Å². The van der Waals surface area contributed by atoms with Crippen LogP contribution in [0.15, 0.2) is 84.9 Å². The Morgan fingerprint density at radius 1 is 0.711 bits per heavy atom. The van der Waals surface area contributed by atoms with Crippen LogP contribution in [0.2, 0.25) is 0 Å². The summed E-state index contributed by atoms with van der Waals surface area (Å²) in [6.07, 6.45) is 1.89. The summed E-state index contributed by atoms with van der Waals surface area (Å²) >= 11 is 0. The second-order valence-electron chi connectivity index (χ2n) is 9.93. The van der Waals surface area contributed by atoms with Crippen LogP contribution >= 0.6 is 0 Å². The SMILES string of the molecule is COc1cc2c(cc1OCc1ccccc1)[C@H]1Cc3ccc(OCc4ccccc4)c(OC)c3CN1CC2. The average Bonchev–Trinajstić information content (AvgIpc) is 2.98. The molecule has 5 heteroatoms. The summed E-state index contributed by atoms with van der Waals surface area (Å²) in [6.45, 7) is 2.85. The number of ether oxygens (including phenoxy) is 4. The first-order valence-corrected chi connectivity index (χ1v) is 13.2. The molecule has 0 saturated heterocycles. The van der Waals surface area contributed by atoms with E-state index in [1.165, 1.54) is 22.3 Å². The van der Waals surface area contributed by atoms with E-state index in [0.717, 1.165) is 60.1 Å². The molecule has 2 aliphatic rings. The molecule has 5 nitrogen and oxygen atoms in total. The van der Waals surface area contributed by atoms with Gasteiger partial charge in [0.25, 0.3) is 0 Å². The van der Waals surface area contributed by atoms with Gasteiger partial charge in [-0.2, -0.15) is 0 Å². The first kappa shape index (κ1) is 24.4. The lowest BCUT2D eigenvalue weighted by Crippen LogP contribution is -2.39. The Morgan fingerprint density at radius 2 is 1.39 bits per heavy atom. The molecule has 0 spiro atoms. The van der Waals surface area contributed by atoms with Crippen LogP contribution in [0.25, 0.3) is 0 Å². The van der Waals surface area contributed by atoms with Crippen LogP contribution in [0.4, 0.5) is 0 Å². The number of benzene rings is 4. The Kier molecular flexibility index (Phi) is 6.93. The molecule has 0 unspecified atom stereocenters. The fraction of sp³-hybridized carbons (Fsp3) is 0.273. The van der Waals surface area contributed by atoms with Crippen molar-refractivity contribution >= 4 is 0 Å². The molecule has 2 heterocycles. The van der Waals surface area contributed by atoms with Gasteiger partial charge >= 0.3 is 0 Å². The van der Waals surface area contributed by atoms with Gasteiger partial charge in [0.15, 0.2) is 23.0 Å². The Morgan fingerprint density at radius 3 is 2.05 bits per heavy atom. The minimum absolute atomic E-state index is 0.289. The molecule has 0 aliphatic carbocycles. The smallest absolute Gasteiger partial charge is 0.165 e. The van der Waals surface area contributed by atoms with E-state index in [9.17, 15) is 0 Å². The van der Waals surface area contributed by atoms with Gasteiger partial charge in [0.05, 0.1) is 14.2 Å². The number of fused-ring (bicyclic) bond motifs is 4. The normalized spacial score (nSPS) is 16.1. The quantitative estimate of drug-likeness (QED) is 0.272. The van der Waals surface area contributed by atoms with Crippen molar-refractivity contribution in [3.8, 4) is 23.0 Å². The standard InChI is InChI=1S/C33H33NO4/c1-35-31-18-26-15-16-34-20-28-25(13-14-30(33(28)36-2)37-21-23-9-5-3-6-10-23)17-29(34)27(26)19-32(31)38-22-24-11-7-4-8-12-24/h3-14,18-19,29H,15-17,20-22H2,1-2H3/t29-/m1/s1. The second kappa shape index (κ2) is 10.8. The maximum Gasteiger partial charge on any atom is 0.165 e. The minimum Gasteiger partial charge on any atom is -0.493 e. The van der Waals surface area contributed by atoms with Crippen LogP contribution in [0.1, 0.15) is 39.4 Å². The van der Waals surface area contributed by atoms with E-state index >= 15 is 0 Å².